The maximum atomic E-state index is 5.81. The fourth-order valence-corrected chi connectivity index (χ4v) is 3.08. The van der Waals surface area contributed by atoms with Crippen molar-refractivity contribution in [1.82, 2.24) is 14.9 Å². The topological polar surface area (TPSA) is 67.1 Å². The van der Waals surface area contributed by atoms with Crippen LogP contribution in [0.2, 0.25) is 0 Å². The van der Waals surface area contributed by atoms with Gasteiger partial charge in [0, 0.05) is 18.7 Å². The van der Waals surface area contributed by atoms with E-state index < -0.39 is 0 Å². The molecule has 3 N–H and O–H groups in total. The number of aromatic nitrogens is 2. The first-order valence-corrected chi connectivity index (χ1v) is 8.49. The second-order valence-corrected chi connectivity index (χ2v) is 6.37. The molecule has 1 unspecified atom stereocenters. The summed E-state index contributed by atoms with van der Waals surface area (Å²) in [5.74, 6) is 1.97. The molecular weight excluding hydrogens is 270 g/mol. The lowest BCUT2D eigenvalue weighted by molar-refractivity contribution is 0.201. The molecule has 0 amide bonds. The molecule has 0 aromatic carbocycles. The lowest BCUT2D eigenvalue weighted by Crippen LogP contribution is -2.42. The van der Waals surface area contributed by atoms with Crippen molar-refractivity contribution < 1.29 is 0 Å². The molecule has 6 heteroatoms. The molecule has 1 aliphatic heterocycles. The predicted molar refractivity (Wildman–Crippen MR) is 86.1 cm³/mol. The molecule has 20 heavy (non-hydrogen) atoms. The fraction of sp³-hybridized carbons (Fsp3) is 0.714. The third-order valence-electron chi connectivity index (χ3n) is 3.78. The van der Waals surface area contributed by atoms with Crippen LogP contribution < -0.4 is 11.1 Å². The minimum Gasteiger partial charge on any atom is -0.383 e. The van der Waals surface area contributed by atoms with Gasteiger partial charge in [-0.05, 0) is 38.1 Å². The van der Waals surface area contributed by atoms with Gasteiger partial charge in [0.05, 0.1) is 0 Å². The van der Waals surface area contributed by atoms with Gasteiger partial charge in [-0.1, -0.05) is 25.6 Å². The standard InChI is InChI=1S/C14H25N5S/c1-10(2)11(19-6-4-5-7-19)9-16-13-8-12(15)17-14(18-13)20-3/h8,10-11H,4-7,9H2,1-3H3,(H3,15,16,17,18). The zero-order valence-corrected chi connectivity index (χ0v) is 13.4. The molecule has 2 heterocycles. The molecule has 0 saturated carbocycles. The van der Waals surface area contributed by atoms with Crippen LogP contribution in [0.25, 0.3) is 0 Å². The molecule has 0 spiro atoms. The number of nitrogens with zero attached hydrogens (tertiary/aromatic N) is 3. The number of anilines is 2. The van der Waals surface area contributed by atoms with Gasteiger partial charge in [-0.2, -0.15) is 0 Å². The number of hydrogen-bond donors (Lipinski definition) is 2. The van der Waals surface area contributed by atoms with E-state index in [0.29, 0.717) is 17.8 Å². The fourth-order valence-electron chi connectivity index (χ4n) is 2.69. The molecular formula is C14H25N5S. The van der Waals surface area contributed by atoms with E-state index in [1.54, 1.807) is 6.07 Å². The Labute approximate surface area is 125 Å². The SMILES string of the molecule is CSc1nc(N)cc(NCC(C(C)C)N2CCCC2)n1. The molecule has 1 fully saturated rings. The summed E-state index contributed by atoms with van der Waals surface area (Å²) in [7, 11) is 0. The first-order valence-electron chi connectivity index (χ1n) is 7.26. The summed E-state index contributed by atoms with van der Waals surface area (Å²) >= 11 is 1.51. The molecule has 0 aliphatic carbocycles. The Hall–Kier alpha value is -1.01. The van der Waals surface area contributed by atoms with Gasteiger partial charge in [0.1, 0.15) is 11.6 Å². The molecule has 0 bridgehead atoms. The number of hydrogen-bond acceptors (Lipinski definition) is 6. The number of likely N-dealkylation sites (tertiary alicyclic amines) is 1. The molecule has 2 rings (SSSR count). The number of rotatable bonds is 6. The van der Waals surface area contributed by atoms with E-state index in [-0.39, 0.29) is 0 Å². The van der Waals surface area contributed by atoms with E-state index in [1.807, 2.05) is 6.26 Å². The first kappa shape index (κ1) is 15.4. The van der Waals surface area contributed by atoms with Gasteiger partial charge in [-0.3, -0.25) is 4.90 Å². The highest BCUT2D eigenvalue weighted by molar-refractivity contribution is 7.98. The van der Waals surface area contributed by atoms with Crippen LogP contribution >= 0.6 is 11.8 Å². The van der Waals surface area contributed by atoms with Crippen molar-refractivity contribution >= 4 is 23.4 Å². The quantitative estimate of drug-likeness (QED) is 0.620. The summed E-state index contributed by atoms with van der Waals surface area (Å²) in [4.78, 5) is 11.2. The van der Waals surface area contributed by atoms with Gasteiger partial charge in [0.25, 0.3) is 0 Å². The highest BCUT2D eigenvalue weighted by Crippen LogP contribution is 2.19. The monoisotopic (exact) mass is 295 g/mol. The van der Waals surface area contributed by atoms with Gasteiger partial charge in [-0.25, -0.2) is 9.97 Å². The van der Waals surface area contributed by atoms with Gasteiger partial charge >= 0.3 is 0 Å². The van der Waals surface area contributed by atoms with Crippen molar-refractivity contribution in [2.24, 2.45) is 5.92 Å². The Morgan fingerprint density at radius 3 is 2.65 bits per heavy atom. The lowest BCUT2D eigenvalue weighted by atomic mass is 10.0. The van der Waals surface area contributed by atoms with E-state index in [1.165, 1.54) is 37.7 Å². The maximum Gasteiger partial charge on any atom is 0.191 e. The van der Waals surface area contributed by atoms with Crippen molar-refractivity contribution in [1.29, 1.82) is 0 Å². The third-order valence-corrected chi connectivity index (χ3v) is 4.33. The van der Waals surface area contributed by atoms with Crippen LogP contribution in [0.5, 0.6) is 0 Å². The Morgan fingerprint density at radius 1 is 1.35 bits per heavy atom. The van der Waals surface area contributed by atoms with Crippen molar-refractivity contribution in [2.75, 3.05) is 36.9 Å². The predicted octanol–water partition coefficient (Wildman–Crippen LogP) is 2.31. The van der Waals surface area contributed by atoms with Gasteiger partial charge < -0.3 is 11.1 Å². The second-order valence-electron chi connectivity index (χ2n) is 5.60. The summed E-state index contributed by atoms with van der Waals surface area (Å²) in [6, 6.07) is 2.35. The van der Waals surface area contributed by atoms with Crippen LogP contribution in [-0.4, -0.2) is 46.8 Å². The zero-order chi connectivity index (χ0) is 14.5. The molecule has 112 valence electrons. The minimum atomic E-state index is 0.522. The first-order chi connectivity index (χ1) is 9.60. The van der Waals surface area contributed by atoms with Crippen molar-refractivity contribution in [2.45, 2.75) is 37.9 Å². The summed E-state index contributed by atoms with van der Waals surface area (Å²) in [5.41, 5.74) is 5.81. The molecule has 1 saturated heterocycles. The third kappa shape index (κ3) is 3.99. The highest BCUT2D eigenvalue weighted by atomic mass is 32.2. The number of thioether (sulfide) groups is 1. The van der Waals surface area contributed by atoms with E-state index in [2.05, 4.69) is 34.0 Å². The summed E-state index contributed by atoms with van der Waals surface area (Å²) < 4.78 is 0. The maximum absolute atomic E-state index is 5.81. The van der Waals surface area contributed by atoms with Crippen molar-refractivity contribution in [3.63, 3.8) is 0 Å². The molecule has 1 atom stereocenters. The van der Waals surface area contributed by atoms with Crippen LogP contribution in [-0.2, 0) is 0 Å². The van der Waals surface area contributed by atoms with Gasteiger partial charge in [0.15, 0.2) is 5.16 Å². The van der Waals surface area contributed by atoms with E-state index in [4.69, 9.17) is 5.73 Å². The summed E-state index contributed by atoms with van der Waals surface area (Å²) in [6.45, 7) is 7.90. The normalized spacial score (nSPS) is 17.6. The Kier molecular flexibility index (Phi) is 5.48. The van der Waals surface area contributed by atoms with Crippen LogP contribution in [0.15, 0.2) is 11.2 Å². The number of nitrogen functional groups attached to an aromatic ring is 1. The highest BCUT2D eigenvalue weighted by Gasteiger charge is 2.24. The Morgan fingerprint density at radius 2 is 2.05 bits per heavy atom. The van der Waals surface area contributed by atoms with E-state index >= 15 is 0 Å². The Balaban J connectivity index is 1.99. The van der Waals surface area contributed by atoms with Crippen LogP contribution in [0.4, 0.5) is 11.6 Å². The van der Waals surface area contributed by atoms with Crippen LogP contribution in [0.1, 0.15) is 26.7 Å². The molecule has 1 aromatic rings. The van der Waals surface area contributed by atoms with Crippen LogP contribution in [0, 0.1) is 5.92 Å². The van der Waals surface area contributed by atoms with Crippen molar-refractivity contribution in [3.8, 4) is 0 Å². The Bertz CT molecular complexity index is 432. The summed E-state index contributed by atoms with van der Waals surface area (Å²) in [6.07, 6.45) is 4.60. The number of nitrogens with two attached hydrogens (primary N) is 1. The summed E-state index contributed by atoms with van der Waals surface area (Å²) in [5, 5.41) is 4.15. The zero-order valence-electron chi connectivity index (χ0n) is 12.6. The van der Waals surface area contributed by atoms with Crippen molar-refractivity contribution in [3.05, 3.63) is 6.07 Å². The molecule has 1 aromatic heterocycles. The van der Waals surface area contributed by atoms with Gasteiger partial charge in [-0.15, -0.1) is 0 Å². The van der Waals surface area contributed by atoms with Gasteiger partial charge in [0.2, 0.25) is 0 Å². The second kappa shape index (κ2) is 7.13. The average molecular weight is 295 g/mol. The number of nitrogens with one attached hydrogen (secondary N) is 1. The van der Waals surface area contributed by atoms with E-state index in [9.17, 15) is 0 Å². The lowest BCUT2D eigenvalue weighted by Gasteiger charge is -2.31. The average Bonchev–Trinajstić information content (AvgIpc) is 2.91. The molecule has 1 aliphatic rings. The minimum absolute atomic E-state index is 0.522. The largest absolute Gasteiger partial charge is 0.383 e. The molecule has 5 nitrogen and oxygen atoms in total. The molecule has 0 radical (unpaired) electrons. The van der Waals surface area contributed by atoms with Crippen LogP contribution in [0.3, 0.4) is 0 Å². The van der Waals surface area contributed by atoms with E-state index in [0.717, 1.165) is 17.5 Å². The smallest absolute Gasteiger partial charge is 0.191 e.